The Morgan fingerprint density at radius 3 is 2.18 bits per heavy atom. The fourth-order valence-electron chi connectivity index (χ4n) is 4.38. The second-order valence-electron chi connectivity index (χ2n) is 9.09. The monoisotopic (exact) mass is 554 g/mol. The Kier molecular flexibility index (Phi) is 7.10. The zero-order chi connectivity index (χ0) is 28.8. The molecule has 39 heavy (non-hydrogen) atoms. The number of benzene rings is 2. The third kappa shape index (κ3) is 5.28. The van der Waals surface area contributed by atoms with Crippen molar-refractivity contribution in [2.24, 2.45) is 5.73 Å². The van der Waals surface area contributed by atoms with Crippen LogP contribution in [0.1, 0.15) is 16.7 Å². The van der Waals surface area contributed by atoms with Gasteiger partial charge >= 0.3 is 12.4 Å². The molecule has 1 atom stereocenters. The molecule has 0 saturated carbocycles. The van der Waals surface area contributed by atoms with Crippen LogP contribution in [0.5, 0.6) is 0 Å². The van der Waals surface area contributed by atoms with E-state index in [1.54, 1.807) is 22.8 Å². The fourth-order valence-corrected chi connectivity index (χ4v) is 4.38. The summed E-state index contributed by atoms with van der Waals surface area (Å²) in [4.78, 5) is 23.8. The van der Waals surface area contributed by atoms with E-state index in [0.29, 0.717) is 37.4 Å². The number of amides is 1. The maximum Gasteiger partial charge on any atom is 0.430 e. The number of nitrogens with zero attached hydrogens (tertiary/aromatic N) is 4. The van der Waals surface area contributed by atoms with Gasteiger partial charge in [-0.3, -0.25) is 4.79 Å². The number of carbonyl (C=O) groups is 1. The largest absolute Gasteiger partial charge is 0.430 e. The van der Waals surface area contributed by atoms with Gasteiger partial charge in [-0.05, 0) is 36.8 Å². The Morgan fingerprint density at radius 2 is 1.59 bits per heavy atom. The van der Waals surface area contributed by atoms with Gasteiger partial charge in [0.25, 0.3) is 11.5 Å². The number of primary amides is 1. The lowest BCUT2D eigenvalue weighted by Gasteiger charge is -2.37. The number of alkyl halides is 6. The number of aromatic nitrogens is 2. The van der Waals surface area contributed by atoms with E-state index < -0.39 is 35.0 Å². The number of halogens is 6. The predicted molar refractivity (Wildman–Crippen MR) is 132 cm³/mol. The SMILES string of the molecule is Cc1ccc(C(O)(C(N)=O)C(F)(F)F)cc1-c1cnc(N)c(N2CCN(c3cccc(C(F)(F)F)c3)CC2)n1. The highest BCUT2D eigenvalue weighted by molar-refractivity contribution is 5.86. The molecule has 0 radical (unpaired) electrons. The molecular weight excluding hydrogens is 530 g/mol. The molecule has 3 aromatic rings. The maximum absolute atomic E-state index is 13.6. The van der Waals surface area contributed by atoms with E-state index in [1.807, 2.05) is 0 Å². The van der Waals surface area contributed by atoms with Crippen LogP contribution < -0.4 is 21.3 Å². The number of anilines is 3. The van der Waals surface area contributed by atoms with Crippen molar-refractivity contribution in [2.75, 3.05) is 41.7 Å². The summed E-state index contributed by atoms with van der Waals surface area (Å²) in [6, 6.07) is 8.22. The van der Waals surface area contributed by atoms with Gasteiger partial charge in [-0.1, -0.05) is 18.2 Å². The molecule has 1 aromatic heterocycles. The zero-order valence-corrected chi connectivity index (χ0v) is 20.5. The Bertz CT molecular complexity index is 1390. The number of nitrogens with two attached hydrogens (primary N) is 2. The van der Waals surface area contributed by atoms with Crippen molar-refractivity contribution in [1.29, 1.82) is 0 Å². The second-order valence-corrected chi connectivity index (χ2v) is 9.09. The lowest BCUT2D eigenvalue weighted by atomic mass is 9.89. The van der Waals surface area contributed by atoms with E-state index in [9.17, 15) is 36.2 Å². The molecule has 4 rings (SSSR count). The summed E-state index contributed by atoms with van der Waals surface area (Å²) in [6.45, 7) is 2.94. The average Bonchev–Trinajstić information content (AvgIpc) is 2.88. The van der Waals surface area contributed by atoms with Gasteiger partial charge in [0.15, 0.2) is 11.6 Å². The molecule has 0 spiro atoms. The smallest absolute Gasteiger partial charge is 0.381 e. The van der Waals surface area contributed by atoms with Crippen LogP contribution in [0.4, 0.5) is 43.7 Å². The first kappa shape index (κ1) is 28.0. The Morgan fingerprint density at radius 1 is 0.949 bits per heavy atom. The van der Waals surface area contributed by atoms with E-state index >= 15 is 0 Å². The van der Waals surface area contributed by atoms with Crippen molar-refractivity contribution < 1.29 is 36.2 Å². The number of piperazine rings is 1. The van der Waals surface area contributed by atoms with Crippen LogP contribution in [0.25, 0.3) is 11.3 Å². The molecule has 1 aliphatic rings. The molecule has 8 nitrogen and oxygen atoms in total. The molecule has 0 aliphatic carbocycles. The number of nitrogen functional groups attached to an aromatic ring is 1. The first-order valence-electron chi connectivity index (χ1n) is 11.6. The lowest BCUT2D eigenvalue weighted by Crippen LogP contribution is -2.52. The molecule has 2 heterocycles. The molecule has 1 unspecified atom stereocenters. The third-order valence-corrected chi connectivity index (χ3v) is 6.60. The number of aryl methyl sites for hydroxylation is 1. The Labute approximate surface area is 218 Å². The minimum Gasteiger partial charge on any atom is -0.381 e. The van der Waals surface area contributed by atoms with Gasteiger partial charge in [0.05, 0.1) is 17.5 Å². The van der Waals surface area contributed by atoms with Crippen molar-refractivity contribution >= 4 is 23.2 Å². The van der Waals surface area contributed by atoms with Crippen LogP contribution in [0.3, 0.4) is 0 Å². The fraction of sp³-hybridized carbons (Fsp3) is 0.320. The van der Waals surface area contributed by atoms with Gasteiger partial charge in [0.2, 0.25) is 0 Å². The normalized spacial score (nSPS) is 16.2. The van der Waals surface area contributed by atoms with Crippen LogP contribution in [0, 0.1) is 6.92 Å². The second kappa shape index (κ2) is 9.91. The summed E-state index contributed by atoms with van der Waals surface area (Å²) in [5, 5.41) is 10.2. The van der Waals surface area contributed by atoms with Crippen molar-refractivity contribution in [1.82, 2.24) is 9.97 Å². The zero-order valence-electron chi connectivity index (χ0n) is 20.5. The number of rotatable bonds is 5. The minimum atomic E-state index is -5.37. The molecule has 1 fully saturated rings. The van der Waals surface area contributed by atoms with E-state index in [4.69, 9.17) is 11.5 Å². The number of aliphatic hydroxyl groups is 1. The Hall–Kier alpha value is -4.07. The van der Waals surface area contributed by atoms with Crippen LogP contribution >= 0.6 is 0 Å². The van der Waals surface area contributed by atoms with Crippen molar-refractivity contribution in [3.63, 3.8) is 0 Å². The van der Waals surface area contributed by atoms with Crippen LogP contribution in [-0.4, -0.2) is 53.3 Å². The highest BCUT2D eigenvalue weighted by atomic mass is 19.4. The highest BCUT2D eigenvalue weighted by Gasteiger charge is 2.60. The van der Waals surface area contributed by atoms with Gasteiger partial charge in [-0.15, -0.1) is 0 Å². The molecule has 2 aromatic carbocycles. The van der Waals surface area contributed by atoms with E-state index in [0.717, 1.165) is 24.3 Å². The molecule has 0 bridgehead atoms. The summed E-state index contributed by atoms with van der Waals surface area (Å²) in [5.41, 5.74) is 6.70. The van der Waals surface area contributed by atoms with Crippen LogP contribution in [-0.2, 0) is 16.6 Å². The molecule has 1 saturated heterocycles. The minimum absolute atomic E-state index is 0.0454. The van der Waals surface area contributed by atoms with Gasteiger partial charge < -0.3 is 26.4 Å². The van der Waals surface area contributed by atoms with E-state index in [2.05, 4.69) is 9.97 Å². The summed E-state index contributed by atoms with van der Waals surface area (Å²) in [5.74, 6) is -1.70. The summed E-state index contributed by atoms with van der Waals surface area (Å²) < 4.78 is 80.2. The highest BCUT2D eigenvalue weighted by Crippen LogP contribution is 2.41. The van der Waals surface area contributed by atoms with Gasteiger partial charge in [0, 0.05) is 43.0 Å². The quantitative estimate of drug-likeness (QED) is 0.412. The third-order valence-electron chi connectivity index (χ3n) is 6.60. The summed E-state index contributed by atoms with van der Waals surface area (Å²) in [6.07, 6.45) is -8.59. The van der Waals surface area contributed by atoms with Gasteiger partial charge in [-0.25, -0.2) is 9.97 Å². The average molecular weight is 554 g/mol. The standard InChI is InChI=1S/C25H24F6N6O2/c1-14-5-6-15(23(39,22(33)38)25(29,30)31)12-18(14)19-13-34-20(32)21(35-19)37-9-7-36(8-10-37)17-4-2-3-16(11-17)24(26,27)28/h2-6,11-13,39H,7-10H2,1H3,(H2,32,34)(H2,33,38). The summed E-state index contributed by atoms with van der Waals surface area (Å²) in [7, 11) is 0. The van der Waals surface area contributed by atoms with E-state index in [1.165, 1.54) is 18.3 Å². The van der Waals surface area contributed by atoms with Crippen molar-refractivity contribution in [3.8, 4) is 11.3 Å². The van der Waals surface area contributed by atoms with Crippen LogP contribution in [0.15, 0.2) is 48.7 Å². The predicted octanol–water partition coefficient (Wildman–Crippen LogP) is 3.61. The Balaban J connectivity index is 1.61. The molecular formula is C25H24F6N6O2. The maximum atomic E-state index is 13.6. The summed E-state index contributed by atoms with van der Waals surface area (Å²) >= 11 is 0. The topological polar surface area (TPSA) is 122 Å². The molecule has 5 N–H and O–H groups in total. The lowest BCUT2D eigenvalue weighted by molar-refractivity contribution is -0.255. The molecule has 208 valence electrons. The van der Waals surface area contributed by atoms with Gasteiger partial charge in [-0.2, -0.15) is 26.3 Å². The molecule has 1 amide bonds. The number of carbonyl (C=O) groups excluding carboxylic acids is 1. The van der Waals surface area contributed by atoms with Crippen LogP contribution in [0.2, 0.25) is 0 Å². The van der Waals surface area contributed by atoms with Gasteiger partial charge in [0.1, 0.15) is 0 Å². The van der Waals surface area contributed by atoms with E-state index in [-0.39, 0.29) is 22.9 Å². The molecule has 1 aliphatic heterocycles. The molecule has 14 heteroatoms. The number of hydrogen-bond acceptors (Lipinski definition) is 7. The van der Waals surface area contributed by atoms with Crippen molar-refractivity contribution in [3.05, 3.63) is 65.4 Å². The first-order valence-corrected chi connectivity index (χ1v) is 11.6. The first-order chi connectivity index (χ1) is 18.1. The number of hydrogen-bond donors (Lipinski definition) is 3. The van der Waals surface area contributed by atoms with Crippen molar-refractivity contribution in [2.45, 2.75) is 24.9 Å².